The second-order valence-electron chi connectivity index (χ2n) is 3.16. The van der Waals surface area contributed by atoms with Gasteiger partial charge in [-0.25, -0.2) is 4.39 Å². The Morgan fingerprint density at radius 1 is 1.12 bits per heavy atom. The summed E-state index contributed by atoms with van der Waals surface area (Å²) in [6.07, 6.45) is -5.76. The molecule has 8 heteroatoms. The summed E-state index contributed by atoms with van der Waals surface area (Å²) in [6.45, 7) is 0. The van der Waals surface area contributed by atoms with Crippen LogP contribution in [0.15, 0.2) is 22.7 Å². The molecule has 0 radical (unpaired) electrons. The average Bonchev–Trinajstić information content (AvgIpc) is 2.19. The number of halogens is 8. The monoisotopic (exact) mass is 340 g/mol. The summed E-state index contributed by atoms with van der Waals surface area (Å²) >= 11 is 7.77. The van der Waals surface area contributed by atoms with E-state index < -0.39 is 28.9 Å². The van der Waals surface area contributed by atoms with Gasteiger partial charge < -0.3 is 0 Å². The van der Waals surface area contributed by atoms with Crippen LogP contribution in [0.5, 0.6) is 0 Å². The van der Waals surface area contributed by atoms with Crippen molar-refractivity contribution in [2.45, 2.75) is 17.5 Å². The summed E-state index contributed by atoms with van der Waals surface area (Å²) < 4.78 is 74.4. The molecule has 1 aromatic carbocycles. The van der Waals surface area contributed by atoms with Crippen LogP contribution in [0.4, 0.5) is 26.3 Å². The van der Waals surface area contributed by atoms with Crippen LogP contribution in [-0.2, 0) is 0 Å². The number of rotatable bonds is 2. The van der Waals surface area contributed by atoms with Crippen molar-refractivity contribution in [1.29, 1.82) is 0 Å². The molecule has 1 unspecified atom stereocenters. The maximum atomic E-state index is 12.9. The largest absolute Gasteiger partial charge is 0.455 e. The van der Waals surface area contributed by atoms with E-state index in [9.17, 15) is 26.3 Å². The topological polar surface area (TPSA) is 0 Å². The standard InChI is InChI=1S/C9H4BrClF6/c10-5-3-4(1-2-6(5)12)7(11)8(13,14)9(15,16)17/h1-3,7H. The van der Waals surface area contributed by atoms with Gasteiger partial charge in [-0.05, 0) is 33.6 Å². The Hall–Kier alpha value is -0.430. The molecule has 17 heavy (non-hydrogen) atoms. The van der Waals surface area contributed by atoms with Gasteiger partial charge in [0.1, 0.15) is 11.2 Å². The van der Waals surface area contributed by atoms with Crippen LogP contribution in [0.2, 0.25) is 0 Å². The van der Waals surface area contributed by atoms with Crippen molar-refractivity contribution in [3.05, 3.63) is 34.1 Å². The molecule has 0 bridgehead atoms. The minimum atomic E-state index is -5.76. The average molecular weight is 341 g/mol. The summed E-state index contributed by atoms with van der Waals surface area (Å²) in [5.41, 5.74) is -0.526. The van der Waals surface area contributed by atoms with E-state index in [0.29, 0.717) is 0 Å². The van der Waals surface area contributed by atoms with Gasteiger partial charge in [0.15, 0.2) is 0 Å². The molecule has 0 nitrogen and oxygen atoms in total. The van der Waals surface area contributed by atoms with E-state index in [-0.39, 0.29) is 4.47 Å². The van der Waals surface area contributed by atoms with E-state index in [1.54, 1.807) is 0 Å². The molecular weight excluding hydrogens is 337 g/mol. The summed E-state index contributed by atoms with van der Waals surface area (Å²) in [5, 5.41) is -2.61. The molecule has 0 saturated carbocycles. The van der Waals surface area contributed by atoms with Gasteiger partial charge in [0.05, 0.1) is 4.47 Å². The first kappa shape index (κ1) is 14.6. The normalized spacial score (nSPS) is 14.8. The number of hydrogen-bond donors (Lipinski definition) is 0. The third-order valence-corrected chi connectivity index (χ3v) is 3.07. The van der Waals surface area contributed by atoms with Gasteiger partial charge in [0.2, 0.25) is 0 Å². The summed E-state index contributed by atoms with van der Waals surface area (Å²) in [4.78, 5) is 0. The molecule has 0 saturated heterocycles. The van der Waals surface area contributed by atoms with Gasteiger partial charge in [-0.1, -0.05) is 6.07 Å². The van der Waals surface area contributed by atoms with E-state index in [2.05, 4.69) is 15.9 Å². The van der Waals surface area contributed by atoms with Crippen molar-refractivity contribution in [2.75, 3.05) is 0 Å². The Morgan fingerprint density at radius 3 is 2.06 bits per heavy atom. The fourth-order valence-corrected chi connectivity index (χ4v) is 1.68. The van der Waals surface area contributed by atoms with Gasteiger partial charge in [-0.15, -0.1) is 11.6 Å². The highest BCUT2D eigenvalue weighted by Crippen LogP contribution is 2.48. The van der Waals surface area contributed by atoms with Crippen LogP contribution in [-0.4, -0.2) is 12.1 Å². The van der Waals surface area contributed by atoms with Crippen LogP contribution < -0.4 is 0 Å². The van der Waals surface area contributed by atoms with E-state index in [4.69, 9.17) is 11.6 Å². The molecule has 1 rings (SSSR count). The highest BCUT2D eigenvalue weighted by Gasteiger charge is 2.62. The van der Waals surface area contributed by atoms with E-state index in [0.717, 1.165) is 18.2 Å². The van der Waals surface area contributed by atoms with Gasteiger partial charge >= 0.3 is 12.1 Å². The summed E-state index contributed by atoms with van der Waals surface area (Å²) in [6, 6.07) is 2.31. The first-order valence-corrected chi connectivity index (χ1v) is 5.34. The van der Waals surface area contributed by atoms with Crippen LogP contribution >= 0.6 is 27.5 Å². The van der Waals surface area contributed by atoms with Gasteiger partial charge in [0.25, 0.3) is 0 Å². The maximum Gasteiger partial charge on any atom is 0.455 e. The maximum absolute atomic E-state index is 12.9. The molecule has 0 aliphatic carbocycles. The SMILES string of the molecule is Fc1ccc(C(Cl)C(F)(F)C(F)(F)F)cc1Br. The Labute approximate surface area is 106 Å². The number of alkyl halides is 6. The van der Waals surface area contributed by atoms with E-state index in [1.165, 1.54) is 0 Å². The summed E-state index contributed by atoms with van der Waals surface area (Å²) in [5.74, 6) is -5.88. The quantitative estimate of drug-likeness (QED) is 0.521. The van der Waals surface area contributed by atoms with Crippen LogP contribution in [0.25, 0.3) is 0 Å². The molecule has 96 valence electrons. The van der Waals surface area contributed by atoms with E-state index >= 15 is 0 Å². The fraction of sp³-hybridized carbons (Fsp3) is 0.333. The third-order valence-electron chi connectivity index (χ3n) is 1.93. The lowest BCUT2D eigenvalue weighted by atomic mass is 10.1. The van der Waals surface area contributed by atoms with Gasteiger partial charge in [0, 0.05) is 0 Å². The lowest BCUT2D eigenvalue weighted by Crippen LogP contribution is -2.40. The predicted molar refractivity (Wildman–Crippen MR) is 53.7 cm³/mol. The molecule has 0 aliphatic heterocycles. The Balaban J connectivity index is 3.12. The van der Waals surface area contributed by atoms with Crippen molar-refractivity contribution < 1.29 is 26.3 Å². The minimum Gasteiger partial charge on any atom is -0.206 e. The lowest BCUT2D eigenvalue weighted by Gasteiger charge is -2.24. The van der Waals surface area contributed by atoms with Crippen molar-refractivity contribution in [1.82, 2.24) is 0 Å². The zero-order valence-electron chi connectivity index (χ0n) is 7.83. The molecule has 0 amide bonds. The third kappa shape index (κ3) is 2.88. The minimum absolute atomic E-state index is 0.237. The van der Waals surface area contributed by atoms with Crippen molar-refractivity contribution in [3.63, 3.8) is 0 Å². The summed E-state index contributed by atoms with van der Waals surface area (Å²) in [7, 11) is 0. The highest BCUT2D eigenvalue weighted by atomic mass is 79.9. The molecule has 0 spiro atoms. The second-order valence-corrected chi connectivity index (χ2v) is 4.45. The van der Waals surface area contributed by atoms with Crippen molar-refractivity contribution >= 4 is 27.5 Å². The Kier molecular flexibility index (Phi) is 4.03. The molecule has 0 N–H and O–H groups in total. The first-order valence-electron chi connectivity index (χ1n) is 4.11. The molecule has 1 aromatic rings. The second kappa shape index (κ2) is 4.68. The highest BCUT2D eigenvalue weighted by molar-refractivity contribution is 9.10. The molecule has 0 fully saturated rings. The first-order chi connectivity index (χ1) is 7.57. The lowest BCUT2D eigenvalue weighted by molar-refractivity contribution is -0.283. The Morgan fingerprint density at radius 2 is 1.65 bits per heavy atom. The number of hydrogen-bond acceptors (Lipinski definition) is 0. The van der Waals surface area contributed by atoms with Gasteiger partial charge in [-0.2, -0.15) is 22.0 Å². The molecule has 0 aliphatic rings. The van der Waals surface area contributed by atoms with Crippen molar-refractivity contribution in [3.8, 4) is 0 Å². The van der Waals surface area contributed by atoms with Crippen LogP contribution in [0.1, 0.15) is 10.9 Å². The Bertz CT molecular complexity index is 416. The zero-order chi connectivity index (χ0) is 13.4. The fourth-order valence-electron chi connectivity index (χ4n) is 1.02. The smallest absolute Gasteiger partial charge is 0.206 e. The molecule has 0 aromatic heterocycles. The molecular formula is C9H4BrClF6. The van der Waals surface area contributed by atoms with Gasteiger partial charge in [-0.3, -0.25) is 0 Å². The zero-order valence-corrected chi connectivity index (χ0v) is 10.2. The molecule has 1 atom stereocenters. The van der Waals surface area contributed by atoms with Crippen LogP contribution in [0.3, 0.4) is 0 Å². The number of benzene rings is 1. The van der Waals surface area contributed by atoms with Crippen LogP contribution in [0, 0.1) is 5.82 Å². The van der Waals surface area contributed by atoms with E-state index in [1.807, 2.05) is 0 Å². The van der Waals surface area contributed by atoms with Crippen molar-refractivity contribution in [2.24, 2.45) is 0 Å². The predicted octanol–water partition coefficient (Wildman–Crippen LogP) is 5.07. The molecule has 0 heterocycles.